The predicted octanol–water partition coefficient (Wildman–Crippen LogP) is 3.98. The molecule has 6 rings (SSSR count). The molecule has 0 unspecified atom stereocenters. The fourth-order valence-corrected chi connectivity index (χ4v) is 5.90. The van der Waals surface area contributed by atoms with Gasteiger partial charge in [-0.1, -0.05) is 18.6 Å². The predicted molar refractivity (Wildman–Crippen MR) is 129 cm³/mol. The molecule has 1 aliphatic heterocycles. The van der Waals surface area contributed by atoms with Crippen LogP contribution in [0.15, 0.2) is 66.0 Å². The summed E-state index contributed by atoms with van der Waals surface area (Å²) >= 11 is 0. The van der Waals surface area contributed by atoms with Crippen molar-refractivity contribution in [2.75, 3.05) is 31.2 Å². The van der Waals surface area contributed by atoms with Crippen LogP contribution in [0, 0.1) is 0 Å². The zero-order valence-corrected chi connectivity index (χ0v) is 19.1. The Hall–Kier alpha value is -3.10. The summed E-state index contributed by atoms with van der Waals surface area (Å²) in [7, 11) is -0.983. The normalized spacial score (nSPS) is 17.8. The third-order valence-electron chi connectivity index (χ3n) is 6.47. The zero-order chi connectivity index (χ0) is 22.2. The highest BCUT2D eigenvalue weighted by Gasteiger charge is 2.25. The molecular weight excluding hydrogens is 434 g/mol. The van der Waals surface area contributed by atoms with E-state index in [4.69, 9.17) is 4.74 Å². The molecule has 33 heavy (non-hydrogen) atoms. The number of ether oxygens (including phenoxy) is 1. The highest BCUT2D eigenvalue weighted by atomic mass is 32.2. The van der Waals surface area contributed by atoms with E-state index in [1.165, 1.54) is 6.42 Å². The van der Waals surface area contributed by atoms with Gasteiger partial charge >= 0.3 is 0 Å². The van der Waals surface area contributed by atoms with Gasteiger partial charge in [0.25, 0.3) is 0 Å². The molecule has 4 aromatic rings. The van der Waals surface area contributed by atoms with Gasteiger partial charge in [-0.15, -0.1) is 0 Å². The van der Waals surface area contributed by atoms with Crippen molar-refractivity contribution in [3.8, 4) is 16.8 Å². The Balaban J connectivity index is 1.31. The molecule has 0 N–H and O–H groups in total. The number of pyridine rings is 2. The molecule has 0 amide bonds. The van der Waals surface area contributed by atoms with Gasteiger partial charge in [0.05, 0.1) is 40.8 Å². The zero-order valence-electron chi connectivity index (χ0n) is 18.3. The molecule has 0 radical (unpaired) electrons. The molecule has 4 heterocycles. The second-order valence-corrected chi connectivity index (χ2v) is 10.3. The first-order chi connectivity index (χ1) is 16.3. The molecular formula is C25H25N5O2S. The van der Waals surface area contributed by atoms with Crippen molar-refractivity contribution >= 4 is 27.7 Å². The smallest absolute Gasteiger partial charge is 0.162 e. The Bertz CT molecular complexity index is 1330. The third kappa shape index (κ3) is 3.94. The van der Waals surface area contributed by atoms with E-state index in [1.54, 1.807) is 12.4 Å². The van der Waals surface area contributed by atoms with Gasteiger partial charge in [-0.2, -0.15) is 5.10 Å². The highest BCUT2D eigenvalue weighted by molar-refractivity contribution is 7.85. The molecule has 7 nitrogen and oxygen atoms in total. The van der Waals surface area contributed by atoms with E-state index in [-0.39, 0.29) is 5.25 Å². The molecule has 2 aliphatic rings. The number of nitrogens with zero attached hydrogens (tertiary/aromatic N) is 5. The van der Waals surface area contributed by atoms with Crippen LogP contribution >= 0.6 is 0 Å². The standard InChI is InChI=1S/C25H25N5O2S/c31-33(22-5-2-6-22)23-14-20-16-28-30(25(20)27-17-23)21-4-1-3-18(13-21)19-7-8-26-24(15-19)29-9-11-32-12-10-29/h1,3-4,7-8,13-17,22H,2,5-6,9-12H2/t33-/m1/s1. The summed E-state index contributed by atoms with van der Waals surface area (Å²) in [6, 6.07) is 14.4. The molecule has 0 bridgehead atoms. The van der Waals surface area contributed by atoms with Crippen LogP contribution in [0.3, 0.4) is 0 Å². The average molecular weight is 460 g/mol. The van der Waals surface area contributed by atoms with Gasteiger partial charge < -0.3 is 9.64 Å². The van der Waals surface area contributed by atoms with E-state index in [1.807, 2.05) is 35.1 Å². The van der Waals surface area contributed by atoms with Gasteiger partial charge in [-0.3, -0.25) is 4.21 Å². The Morgan fingerprint density at radius 1 is 0.970 bits per heavy atom. The topological polar surface area (TPSA) is 73.1 Å². The molecule has 0 spiro atoms. The largest absolute Gasteiger partial charge is 0.378 e. The van der Waals surface area contributed by atoms with Crippen molar-refractivity contribution in [1.82, 2.24) is 19.7 Å². The third-order valence-corrected chi connectivity index (χ3v) is 8.24. The minimum atomic E-state index is -0.983. The SMILES string of the molecule is O=[S@@](c1cnc2c(cnn2-c2cccc(-c3ccnc(N4CCOCC4)c3)c2)c1)C1CCC1. The lowest BCUT2D eigenvalue weighted by molar-refractivity contribution is 0.122. The number of fused-ring (bicyclic) bond motifs is 1. The van der Waals surface area contributed by atoms with E-state index in [9.17, 15) is 4.21 Å². The monoisotopic (exact) mass is 459 g/mol. The van der Waals surface area contributed by atoms with Gasteiger partial charge in [0.2, 0.25) is 0 Å². The van der Waals surface area contributed by atoms with Crippen molar-refractivity contribution < 1.29 is 8.95 Å². The van der Waals surface area contributed by atoms with Crippen molar-refractivity contribution in [2.24, 2.45) is 0 Å². The molecule has 8 heteroatoms. The number of hydrogen-bond acceptors (Lipinski definition) is 6. The van der Waals surface area contributed by atoms with Crippen molar-refractivity contribution in [2.45, 2.75) is 29.4 Å². The van der Waals surface area contributed by atoms with E-state index in [0.717, 1.165) is 77.7 Å². The lowest BCUT2D eigenvalue weighted by Crippen LogP contribution is -2.36. The Kier molecular flexibility index (Phi) is 5.39. The second-order valence-electron chi connectivity index (χ2n) is 8.54. The fourth-order valence-electron chi connectivity index (χ4n) is 4.36. The highest BCUT2D eigenvalue weighted by Crippen LogP contribution is 2.30. The average Bonchev–Trinajstić information content (AvgIpc) is 3.27. The van der Waals surface area contributed by atoms with E-state index < -0.39 is 10.8 Å². The number of hydrogen-bond donors (Lipinski definition) is 0. The Morgan fingerprint density at radius 2 is 1.82 bits per heavy atom. The summed E-state index contributed by atoms with van der Waals surface area (Å²) in [6.07, 6.45) is 8.67. The maximum Gasteiger partial charge on any atom is 0.162 e. The van der Waals surface area contributed by atoms with Gasteiger partial charge in [0.15, 0.2) is 5.65 Å². The van der Waals surface area contributed by atoms with E-state index >= 15 is 0 Å². The molecule has 1 aromatic carbocycles. The molecule has 1 aliphatic carbocycles. The van der Waals surface area contributed by atoms with Crippen LogP contribution in [0.4, 0.5) is 5.82 Å². The molecule has 1 saturated carbocycles. The van der Waals surface area contributed by atoms with E-state index in [0.29, 0.717) is 0 Å². The maximum atomic E-state index is 12.7. The van der Waals surface area contributed by atoms with E-state index in [2.05, 4.69) is 38.2 Å². The first kappa shape index (κ1) is 20.5. The summed E-state index contributed by atoms with van der Waals surface area (Å²) in [5.41, 5.74) is 3.91. The number of morpholine rings is 1. The Labute approximate surface area is 194 Å². The summed E-state index contributed by atoms with van der Waals surface area (Å²) < 4.78 is 20.0. The van der Waals surface area contributed by atoms with Crippen LogP contribution in [0.1, 0.15) is 19.3 Å². The number of aromatic nitrogens is 4. The van der Waals surface area contributed by atoms with Crippen LogP contribution in [0.25, 0.3) is 27.8 Å². The first-order valence-corrected chi connectivity index (χ1v) is 12.6. The van der Waals surface area contributed by atoms with Crippen LogP contribution in [0.5, 0.6) is 0 Å². The first-order valence-electron chi connectivity index (χ1n) is 11.4. The van der Waals surface area contributed by atoms with Crippen LogP contribution in [-0.4, -0.2) is 55.5 Å². The van der Waals surface area contributed by atoms with Crippen molar-refractivity contribution in [3.05, 3.63) is 61.1 Å². The number of rotatable bonds is 5. The van der Waals surface area contributed by atoms with Crippen LogP contribution in [0.2, 0.25) is 0 Å². The van der Waals surface area contributed by atoms with Gasteiger partial charge in [0.1, 0.15) is 5.82 Å². The van der Waals surface area contributed by atoms with Crippen LogP contribution in [-0.2, 0) is 15.5 Å². The second kappa shape index (κ2) is 8.68. The summed E-state index contributed by atoms with van der Waals surface area (Å²) in [5, 5.41) is 5.77. The quantitative estimate of drug-likeness (QED) is 0.450. The lowest BCUT2D eigenvalue weighted by atomic mass is 10.0. The lowest BCUT2D eigenvalue weighted by Gasteiger charge is -2.28. The van der Waals surface area contributed by atoms with Gasteiger partial charge in [-0.05, 0) is 54.3 Å². The van der Waals surface area contributed by atoms with Gasteiger partial charge in [-0.25, -0.2) is 14.6 Å². The fraction of sp³-hybridized carbons (Fsp3) is 0.320. The molecule has 3 aromatic heterocycles. The summed E-state index contributed by atoms with van der Waals surface area (Å²) in [6.45, 7) is 3.18. The molecule has 2 fully saturated rings. The minimum Gasteiger partial charge on any atom is -0.378 e. The van der Waals surface area contributed by atoms with Gasteiger partial charge in [0, 0.05) is 36.1 Å². The number of benzene rings is 1. The van der Waals surface area contributed by atoms with Crippen molar-refractivity contribution in [3.63, 3.8) is 0 Å². The van der Waals surface area contributed by atoms with Crippen molar-refractivity contribution in [1.29, 1.82) is 0 Å². The molecule has 1 atom stereocenters. The Morgan fingerprint density at radius 3 is 2.64 bits per heavy atom. The molecule has 1 saturated heterocycles. The maximum absolute atomic E-state index is 12.7. The van der Waals surface area contributed by atoms with Crippen LogP contribution < -0.4 is 4.90 Å². The minimum absolute atomic E-state index is 0.277. The summed E-state index contributed by atoms with van der Waals surface area (Å²) in [5.74, 6) is 0.972. The number of anilines is 1. The molecule has 168 valence electrons. The summed E-state index contributed by atoms with van der Waals surface area (Å²) in [4.78, 5) is 12.3.